The van der Waals surface area contributed by atoms with Crippen LogP contribution >= 0.6 is 15.9 Å². The Hall–Kier alpha value is -2.32. The largest absolute Gasteiger partial charge is 0.494 e. The zero-order valence-corrected chi connectivity index (χ0v) is 17.5. The number of oxazole rings is 1. The van der Waals surface area contributed by atoms with Gasteiger partial charge in [-0.05, 0) is 55.5 Å². The molecule has 0 unspecified atom stereocenters. The summed E-state index contributed by atoms with van der Waals surface area (Å²) in [5, 5.41) is -0.112. The number of halogens is 1. The van der Waals surface area contributed by atoms with Crippen molar-refractivity contribution in [1.29, 1.82) is 0 Å². The van der Waals surface area contributed by atoms with E-state index in [0.29, 0.717) is 12.2 Å². The number of hydrogen-bond donors (Lipinski definition) is 0. The molecule has 0 atom stereocenters. The van der Waals surface area contributed by atoms with Crippen LogP contribution in [0, 0.1) is 0 Å². The van der Waals surface area contributed by atoms with Crippen molar-refractivity contribution in [2.75, 3.05) is 25.6 Å². The molecular weight excluding hydrogens is 432 g/mol. The first kappa shape index (κ1) is 19.4. The Morgan fingerprint density at radius 2 is 1.70 bits per heavy atom. The standard InChI is InChI=1S/C19H19BrN2O4S/c1-4-25-15-9-5-13(6-10-15)17-21-18(19(26-17)22(2)3)27(23,24)16-11-7-14(20)8-12-16/h5-12H,4H2,1-3H3. The highest BCUT2D eigenvalue weighted by molar-refractivity contribution is 9.10. The Bertz CT molecular complexity index is 1030. The average Bonchev–Trinajstić information content (AvgIpc) is 3.10. The molecule has 0 radical (unpaired) electrons. The molecule has 0 N–H and O–H groups in total. The molecule has 0 amide bonds. The fourth-order valence-electron chi connectivity index (χ4n) is 2.46. The van der Waals surface area contributed by atoms with Gasteiger partial charge < -0.3 is 14.1 Å². The van der Waals surface area contributed by atoms with Gasteiger partial charge in [-0.3, -0.25) is 0 Å². The van der Waals surface area contributed by atoms with E-state index in [1.807, 2.05) is 6.92 Å². The number of benzene rings is 2. The van der Waals surface area contributed by atoms with E-state index in [4.69, 9.17) is 9.15 Å². The van der Waals surface area contributed by atoms with E-state index in [1.165, 1.54) is 12.1 Å². The minimum atomic E-state index is -3.83. The van der Waals surface area contributed by atoms with E-state index in [0.717, 1.165) is 10.2 Å². The molecule has 0 aliphatic heterocycles. The number of nitrogens with zero attached hydrogens (tertiary/aromatic N) is 2. The van der Waals surface area contributed by atoms with Crippen LogP contribution in [0.4, 0.5) is 5.88 Å². The maximum absolute atomic E-state index is 13.1. The van der Waals surface area contributed by atoms with Gasteiger partial charge in [-0.2, -0.15) is 4.98 Å². The minimum Gasteiger partial charge on any atom is -0.494 e. The van der Waals surface area contributed by atoms with E-state index in [9.17, 15) is 8.42 Å². The Labute approximate surface area is 166 Å². The Balaban J connectivity index is 2.07. The lowest BCUT2D eigenvalue weighted by Gasteiger charge is -2.10. The molecule has 6 nitrogen and oxygen atoms in total. The molecule has 0 bridgehead atoms. The maximum Gasteiger partial charge on any atom is 0.235 e. The predicted molar refractivity (Wildman–Crippen MR) is 107 cm³/mol. The molecule has 0 saturated heterocycles. The molecule has 0 aliphatic carbocycles. The second kappa shape index (κ2) is 7.74. The van der Waals surface area contributed by atoms with Crippen molar-refractivity contribution in [1.82, 2.24) is 4.98 Å². The Morgan fingerprint density at radius 3 is 2.26 bits per heavy atom. The molecule has 0 saturated carbocycles. The highest BCUT2D eigenvalue weighted by atomic mass is 79.9. The number of sulfone groups is 1. The van der Waals surface area contributed by atoms with E-state index in [1.54, 1.807) is 55.4 Å². The van der Waals surface area contributed by atoms with Gasteiger partial charge in [-0.15, -0.1) is 0 Å². The van der Waals surface area contributed by atoms with Crippen LogP contribution < -0.4 is 9.64 Å². The number of hydrogen-bond acceptors (Lipinski definition) is 6. The van der Waals surface area contributed by atoms with Crippen molar-refractivity contribution in [3.05, 3.63) is 53.0 Å². The van der Waals surface area contributed by atoms with E-state index in [-0.39, 0.29) is 21.7 Å². The number of anilines is 1. The summed E-state index contributed by atoms with van der Waals surface area (Å²) in [7, 11) is -0.405. The third kappa shape index (κ3) is 4.01. The highest BCUT2D eigenvalue weighted by Crippen LogP contribution is 2.34. The van der Waals surface area contributed by atoms with Crippen molar-refractivity contribution in [2.45, 2.75) is 16.8 Å². The third-order valence-electron chi connectivity index (χ3n) is 3.78. The summed E-state index contributed by atoms with van der Waals surface area (Å²) in [6, 6.07) is 13.6. The van der Waals surface area contributed by atoms with Gasteiger partial charge >= 0.3 is 0 Å². The summed E-state index contributed by atoms with van der Waals surface area (Å²) >= 11 is 3.31. The zero-order chi connectivity index (χ0) is 19.6. The van der Waals surface area contributed by atoms with Gasteiger partial charge in [0.15, 0.2) is 0 Å². The highest BCUT2D eigenvalue weighted by Gasteiger charge is 2.29. The predicted octanol–water partition coefficient (Wildman–Crippen LogP) is 4.40. The van der Waals surface area contributed by atoms with Crippen LogP contribution in [-0.4, -0.2) is 34.1 Å². The maximum atomic E-state index is 13.1. The molecule has 1 heterocycles. The molecule has 8 heteroatoms. The lowest BCUT2D eigenvalue weighted by atomic mass is 10.2. The molecule has 0 fully saturated rings. The lowest BCUT2D eigenvalue weighted by Crippen LogP contribution is -2.13. The van der Waals surface area contributed by atoms with Crippen molar-refractivity contribution in [2.24, 2.45) is 0 Å². The van der Waals surface area contributed by atoms with Crippen LogP contribution in [0.2, 0.25) is 0 Å². The summed E-state index contributed by atoms with van der Waals surface area (Å²) in [5.41, 5.74) is 0.666. The summed E-state index contributed by atoms with van der Waals surface area (Å²) in [6.45, 7) is 2.48. The quantitative estimate of drug-likeness (QED) is 0.553. The SMILES string of the molecule is CCOc1ccc(-c2nc(S(=O)(=O)c3ccc(Br)cc3)c(N(C)C)o2)cc1. The van der Waals surface area contributed by atoms with Gasteiger partial charge in [0.1, 0.15) is 5.75 Å². The smallest absolute Gasteiger partial charge is 0.235 e. The molecule has 1 aromatic heterocycles. The van der Waals surface area contributed by atoms with Crippen LogP contribution in [0.1, 0.15) is 6.92 Å². The topological polar surface area (TPSA) is 72.6 Å². The molecule has 3 rings (SSSR count). The molecular formula is C19H19BrN2O4S. The Kier molecular flexibility index (Phi) is 5.57. The van der Waals surface area contributed by atoms with Crippen LogP contribution in [-0.2, 0) is 9.84 Å². The number of rotatable bonds is 6. The lowest BCUT2D eigenvalue weighted by molar-refractivity contribution is 0.340. The van der Waals surface area contributed by atoms with Gasteiger partial charge in [0.05, 0.1) is 11.5 Å². The number of ether oxygens (including phenoxy) is 1. The van der Waals surface area contributed by atoms with Crippen molar-refractivity contribution >= 4 is 31.7 Å². The average molecular weight is 451 g/mol. The molecule has 0 spiro atoms. The van der Waals surface area contributed by atoms with Crippen LogP contribution in [0.25, 0.3) is 11.5 Å². The van der Waals surface area contributed by atoms with Gasteiger partial charge in [0.2, 0.25) is 26.6 Å². The minimum absolute atomic E-state index is 0.112. The van der Waals surface area contributed by atoms with Crippen molar-refractivity contribution < 1.29 is 17.6 Å². The van der Waals surface area contributed by atoms with Gasteiger partial charge in [-0.25, -0.2) is 8.42 Å². The van der Waals surface area contributed by atoms with Gasteiger partial charge in [-0.1, -0.05) is 15.9 Å². The number of aromatic nitrogens is 1. The van der Waals surface area contributed by atoms with E-state index >= 15 is 0 Å². The second-order valence-corrected chi connectivity index (χ2v) is 8.72. The zero-order valence-electron chi connectivity index (χ0n) is 15.1. The summed E-state index contributed by atoms with van der Waals surface area (Å²) in [5.74, 6) is 1.14. The molecule has 2 aromatic carbocycles. The van der Waals surface area contributed by atoms with Crippen molar-refractivity contribution in [3.8, 4) is 17.2 Å². The molecule has 3 aromatic rings. The summed E-state index contributed by atoms with van der Waals surface area (Å²) < 4.78 is 38.1. The summed E-state index contributed by atoms with van der Waals surface area (Å²) in [6.07, 6.45) is 0. The fraction of sp³-hybridized carbons (Fsp3) is 0.211. The molecule has 142 valence electrons. The normalized spacial score (nSPS) is 11.4. The van der Waals surface area contributed by atoms with E-state index < -0.39 is 9.84 Å². The monoisotopic (exact) mass is 450 g/mol. The van der Waals surface area contributed by atoms with Crippen LogP contribution in [0.5, 0.6) is 5.75 Å². The molecule has 27 heavy (non-hydrogen) atoms. The van der Waals surface area contributed by atoms with Crippen molar-refractivity contribution in [3.63, 3.8) is 0 Å². The first-order valence-electron chi connectivity index (χ1n) is 8.25. The van der Waals surface area contributed by atoms with Crippen LogP contribution in [0.15, 0.2) is 67.3 Å². The van der Waals surface area contributed by atoms with E-state index in [2.05, 4.69) is 20.9 Å². The van der Waals surface area contributed by atoms with Gasteiger partial charge in [0, 0.05) is 24.1 Å². The van der Waals surface area contributed by atoms with Crippen LogP contribution in [0.3, 0.4) is 0 Å². The first-order valence-corrected chi connectivity index (χ1v) is 10.5. The van der Waals surface area contributed by atoms with Gasteiger partial charge in [0.25, 0.3) is 0 Å². The fourth-order valence-corrected chi connectivity index (χ4v) is 4.10. The third-order valence-corrected chi connectivity index (χ3v) is 5.97. The Morgan fingerprint density at radius 1 is 1.07 bits per heavy atom. The first-order chi connectivity index (χ1) is 12.8. The summed E-state index contributed by atoms with van der Waals surface area (Å²) in [4.78, 5) is 6.05. The molecule has 0 aliphatic rings. The second-order valence-electron chi connectivity index (χ2n) is 5.94.